The highest BCUT2D eigenvalue weighted by molar-refractivity contribution is 5.81. The predicted molar refractivity (Wildman–Crippen MR) is 69.2 cm³/mol. The highest BCUT2D eigenvalue weighted by Crippen LogP contribution is 2.11. The molecule has 1 heterocycles. The summed E-state index contributed by atoms with van der Waals surface area (Å²) < 4.78 is 1.78. The van der Waals surface area contributed by atoms with Gasteiger partial charge in [0.1, 0.15) is 6.33 Å². The van der Waals surface area contributed by atoms with Crippen LogP contribution in [-0.2, 0) is 0 Å². The standard InChI is InChI=1S/C14H11N3/c1-2-6-12(7-3-1)10-16-17-11-15-13-8-4-5-9-14(13)17/h1-11H/b16-10+. The molecule has 3 nitrogen and oxygen atoms in total. The second kappa shape index (κ2) is 4.22. The van der Waals surface area contributed by atoms with Crippen molar-refractivity contribution in [3.63, 3.8) is 0 Å². The van der Waals surface area contributed by atoms with E-state index < -0.39 is 0 Å². The summed E-state index contributed by atoms with van der Waals surface area (Å²) in [6, 6.07) is 17.9. The zero-order chi connectivity index (χ0) is 11.5. The first kappa shape index (κ1) is 9.78. The number of hydrogen-bond donors (Lipinski definition) is 0. The molecule has 0 amide bonds. The van der Waals surface area contributed by atoms with E-state index in [1.54, 1.807) is 11.0 Å². The summed E-state index contributed by atoms with van der Waals surface area (Å²) in [6.07, 6.45) is 3.55. The molecule has 0 fully saturated rings. The Bertz CT molecular complexity index is 653. The van der Waals surface area contributed by atoms with Gasteiger partial charge in [0.15, 0.2) is 0 Å². The van der Waals surface area contributed by atoms with Crippen molar-refractivity contribution in [1.82, 2.24) is 9.66 Å². The fourth-order valence-electron chi connectivity index (χ4n) is 1.71. The van der Waals surface area contributed by atoms with Gasteiger partial charge in [-0.1, -0.05) is 42.5 Å². The van der Waals surface area contributed by atoms with E-state index in [0.29, 0.717) is 0 Å². The second-order valence-electron chi connectivity index (χ2n) is 3.73. The summed E-state index contributed by atoms with van der Waals surface area (Å²) in [6.45, 7) is 0. The van der Waals surface area contributed by atoms with Crippen LogP contribution in [0, 0.1) is 0 Å². The molecule has 3 aromatic rings. The monoisotopic (exact) mass is 221 g/mol. The molecule has 0 N–H and O–H groups in total. The molecular weight excluding hydrogens is 210 g/mol. The summed E-state index contributed by atoms with van der Waals surface area (Å²) in [5, 5.41) is 4.39. The van der Waals surface area contributed by atoms with Crippen molar-refractivity contribution in [3.8, 4) is 0 Å². The molecule has 3 heteroatoms. The topological polar surface area (TPSA) is 30.2 Å². The van der Waals surface area contributed by atoms with Crippen molar-refractivity contribution < 1.29 is 0 Å². The van der Waals surface area contributed by atoms with Crippen molar-refractivity contribution in [2.24, 2.45) is 5.10 Å². The SMILES string of the molecule is C(=N\n1cnc2ccccc21)/c1ccccc1. The average Bonchev–Trinajstić information content (AvgIpc) is 2.81. The van der Waals surface area contributed by atoms with Crippen LogP contribution in [0.3, 0.4) is 0 Å². The Hall–Kier alpha value is -2.42. The van der Waals surface area contributed by atoms with Gasteiger partial charge in [-0.25, -0.2) is 9.66 Å². The largest absolute Gasteiger partial charge is 0.235 e. The number of benzene rings is 2. The molecule has 1 aromatic heterocycles. The Morgan fingerprint density at radius 3 is 2.59 bits per heavy atom. The molecule has 17 heavy (non-hydrogen) atoms. The van der Waals surface area contributed by atoms with Crippen LogP contribution in [0.15, 0.2) is 66.0 Å². The number of aromatic nitrogens is 2. The fraction of sp³-hybridized carbons (Fsp3) is 0. The van der Waals surface area contributed by atoms with Gasteiger partial charge in [-0.3, -0.25) is 0 Å². The third-order valence-electron chi connectivity index (χ3n) is 2.57. The molecule has 0 radical (unpaired) electrons. The second-order valence-corrected chi connectivity index (χ2v) is 3.73. The van der Waals surface area contributed by atoms with Gasteiger partial charge < -0.3 is 0 Å². The van der Waals surface area contributed by atoms with Gasteiger partial charge in [0, 0.05) is 0 Å². The van der Waals surface area contributed by atoms with Crippen molar-refractivity contribution in [2.75, 3.05) is 0 Å². The maximum atomic E-state index is 4.39. The van der Waals surface area contributed by atoms with E-state index in [-0.39, 0.29) is 0 Å². The third-order valence-corrected chi connectivity index (χ3v) is 2.57. The number of hydrogen-bond acceptors (Lipinski definition) is 2. The molecule has 3 rings (SSSR count). The van der Waals surface area contributed by atoms with Gasteiger partial charge >= 0.3 is 0 Å². The van der Waals surface area contributed by atoms with Crippen LogP contribution in [0.4, 0.5) is 0 Å². The number of para-hydroxylation sites is 2. The van der Waals surface area contributed by atoms with Crippen LogP contribution in [-0.4, -0.2) is 15.9 Å². The minimum Gasteiger partial charge on any atom is -0.235 e. The summed E-state index contributed by atoms with van der Waals surface area (Å²) >= 11 is 0. The molecule has 2 aromatic carbocycles. The first-order valence-corrected chi connectivity index (χ1v) is 5.45. The molecule has 0 aliphatic carbocycles. The van der Waals surface area contributed by atoms with Crippen molar-refractivity contribution in [2.45, 2.75) is 0 Å². The Morgan fingerprint density at radius 1 is 0.941 bits per heavy atom. The van der Waals surface area contributed by atoms with E-state index in [1.165, 1.54) is 0 Å². The van der Waals surface area contributed by atoms with E-state index in [2.05, 4.69) is 10.1 Å². The van der Waals surface area contributed by atoms with Crippen LogP contribution >= 0.6 is 0 Å². The smallest absolute Gasteiger partial charge is 0.118 e. The number of fused-ring (bicyclic) bond motifs is 1. The van der Waals surface area contributed by atoms with Gasteiger partial charge in [-0.05, 0) is 17.7 Å². The third kappa shape index (κ3) is 1.95. The quantitative estimate of drug-likeness (QED) is 0.612. The Morgan fingerprint density at radius 2 is 1.71 bits per heavy atom. The van der Waals surface area contributed by atoms with Gasteiger partial charge in [0.2, 0.25) is 0 Å². The first-order valence-electron chi connectivity index (χ1n) is 5.45. The molecule has 0 aliphatic rings. The summed E-state index contributed by atoms with van der Waals surface area (Å²) in [5.41, 5.74) is 3.04. The molecule has 0 bridgehead atoms. The summed E-state index contributed by atoms with van der Waals surface area (Å²) in [5.74, 6) is 0. The molecule has 0 unspecified atom stereocenters. The molecule has 0 aliphatic heterocycles. The van der Waals surface area contributed by atoms with Crippen LogP contribution in [0.2, 0.25) is 0 Å². The lowest BCUT2D eigenvalue weighted by molar-refractivity contribution is 0.914. The normalized spacial score (nSPS) is 11.3. The average molecular weight is 221 g/mol. The van der Waals surface area contributed by atoms with Crippen molar-refractivity contribution >= 4 is 17.2 Å². The minimum atomic E-state index is 0.956. The zero-order valence-electron chi connectivity index (χ0n) is 9.19. The van der Waals surface area contributed by atoms with Gasteiger partial charge in [-0.15, -0.1) is 0 Å². The Labute approximate surface area is 99.0 Å². The van der Waals surface area contributed by atoms with E-state index in [1.807, 2.05) is 60.8 Å². The maximum Gasteiger partial charge on any atom is 0.118 e. The number of rotatable bonds is 2. The Balaban J connectivity index is 1.98. The van der Waals surface area contributed by atoms with E-state index in [9.17, 15) is 0 Å². The summed E-state index contributed by atoms with van der Waals surface area (Å²) in [4.78, 5) is 4.28. The van der Waals surface area contributed by atoms with Crippen LogP contribution in [0.1, 0.15) is 5.56 Å². The lowest BCUT2D eigenvalue weighted by Crippen LogP contribution is -1.88. The predicted octanol–water partition coefficient (Wildman–Crippen LogP) is 2.92. The molecule has 0 atom stereocenters. The van der Waals surface area contributed by atoms with Crippen molar-refractivity contribution in [1.29, 1.82) is 0 Å². The van der Waals surface area contributed by atoms with Gasteiger partial charge in [0.05, 0.1) is 17.2 Å². The van der Waals surface area contributed by atoms with E-state index >= 15 is 0 Å². The van der Waals surface area contributed by atoms with Crippen LogP contribution in [0.5, 0.6) is 0 Å². The molecule has 0 spiro atoms. The Kier molecular flexibility index (Phi) is 2.43. The number of imidazole rings is 1. The zero-order valence-corrected chi connectivity index (χ0v) is 9.19. The van der Waals surface area contributed by atoms with E-state index in [0.717, 1.165) is 16.6 Å². The maximum absolute atomic E-state index is 4.39. The molecular formula is C14H11N3. The van der Waals surface area contributed by atoms with Crippen molar-refractivity contribution in [3.05, 3.63) is 66.5 Å². The van der Waals surface area contributed by atoms with Crippen LogP contribution in [0.25, 0.3) is 11.0 Å². The summed E-state index contributed by atoms with van der Waals surface area (Å²) in [7, 11) is 0. The van der Waals surface area contributed by atoms with Gasteiger partial charge in [-0.2, -0.15) is 5.10 Å². The fourth-order valence-corrected chi connectivity index (χ4v) is 1.71. The highest BCUT2D eigenvalue weighted by atomic mass is 15.4. The number of nitrogens with zero attached hydrogens (tertiary/aromatic N) is 3. The lowest BCUT2D eigenvalue weighted by Gasteiger charge is -1.95. The molecule has 82 valence electrons. The molecule has 0 saturated carbocycles. The first-order chi connectivity index (χ1) is 8.43. The minimum absolute atomic E-state index is 0.956. The van der Waals surface area contributed by atoms with Crippen LogP contribution < -0.4 is 0 Å². The highest BCUT2D eigenvalue weighted by Gasteiger charge is 1.98. The van der Waals surface area contributed by atoms with Gasteiger partial charge in [0.25, 0.3) is 0 Å². The molecule has 0 saturated heterocycles. The van der Waals surface area contributed by atoms with E-state index in [4.69, 9.17) is 0 Å². The lowest BCUT2D eigenvalue weighted by atomic mass is 10.2.